The fourth-order valence-corrected chi connectivity index (χ4v) is 3.74. The number of carbonyl (C=O) groups is 2. The number of nitrogens with zero attached hydrogens (tertiary/aromatic N) is 1. The summed E-state index contributed by atoms with van der Waals surface area (Å²) in [5.41, 5.74) is 3.69. The molecule has 0 unspecified atom stereocenters. The monoisotopic (exact) mass is 414 g/mol. The first-order valence-electron chi connectivity index (χ1n) is 8.49. The number of amides is 2. The Balaban J connectivity index is 1.85. The molecular weight excluding hydrogens is 396 g/mol. The van der Waals surface area contributed by atoms with Crippen LogP contribution in [0.3, 0.4) is 0 Å². The molecule has 1 aliphatic rings. The molecule has 28 heavy (non-hydrogen) atoms. The molecule has 1 fully saturated rings. The SMILES string of the molecule is CCOc1c(C=C2SC(=S)N(NC(=O)c3ccccc3)C2=O)cccc1OC. The minimum absolute atomic E-state index is 0.251. The van der Waals surface area contributed by atoms with Crippen molar-refractivity contribution in [2.24, 2.45) is 0 Å². The maximum Gasteiger partial charge on any atom is 0.285 e. The zero-order chi connectivity index (χ0) is 20.1. The summed E-state index contributed by atoms with van der Waals surface area (Å²) in [7, 11) is 1.56. The Labute approximate surface area is 172 Å². The summed E-state index contributed by atoms with van der Waals surface area (Å²) >= 11 is 6.38. The van der Waals surface area contributed by atoms with E-state index in [1.807, 2.05) is 25.1 Å². The quantitative estimate of drug-likeness (QED) is 0.575. The van der Waals surface area contributed by atoms with Crippen LogP contribution >= 0.6 is 24.0 Å². The Kier molecular flexibility index (Phi) is 6.33. The number of methoxy groups -OCH3 is 1. The standard InChI is InChI=1S/C20H18N2O4S2/c1-3-26-17-14(10-7-11-15(17)25-2)12-16-19(24)22(20(27)28-16)21-18(23)13-8-5-4-6-9-13/h4-12H,3H2,1-2H3,(H,21,23). The highest BCUT2D eigenvalue weighted by Crippen LogP contribution is 2.37. The third-order valence-corrected chi connectivity index (χ3v) is 5.15. The van der Waals surface area contributed by atoms with E-state index in [1.165, 1.54) is 0 Å². The van der Waals surface area contributed by atoms with Crippen LogP contribution in [0.1, 0.15) is 22.8 Å². The smallest absolute Gasteiger partial charge is 0.285 e. The van der Waals surface area contributed by atoms with Gasteiger partial charge in [-0.2, -0.15) is 5.01 Å². The average Bonchev–Trinajstić information content (AvgIpc) is 2.97. The molecule has 6 nitrogen and oxygen atoms in total. The van der Waals surface area contributed by atoms with Gasteiger partial charge in [0.2, 0.25) is 0 Å². The normalized spacial score (nSPS) is 15.1. The molecule has 144 valence electrons. The molecule has 1 N–H and O–H groups in total. The highest BCUT2D eigenvalue weighted by Gasteiger charge is 2.34. The van der Waals surface area contributed by atoms with Crippen LogP contribution in [0.4, 0.5) is 0 Å². The summed E-state index contributed by atoms with van der Waals surface area (Å²) in [5, 5.41) is 1.09. The van der Waals surface area contributed by atoms with Crippen LogP contribution in [0, 0.1) is 0 Å². The molecule has 0 spiro atoms. The van der Waals surface area contributed by atoms with Gasteiger partial charge in [0.15, 0.2) is 15.8 Å². The largest absolute Gasteiger partial charge is 0.493 e. The number of hydrogen-bond donors (Lipinski definition) is 1. The van der Waals surface area contributed by atoms with Crippen LogP contribution in [-0.4, -0.2) is 34.9 Å². The van der Waals surface area contributed by atoms with Gasteiger partial charge in [0.25, 0.3) is 11.8 Å². The highest BCUT2D eigenvalue weighted by molar-refractivity contribution is 8.26. The minimum Gasteiger partial charge on any atom is -0.493 e. The van der Waals surface area contributed by atoms with Gasteiger partial charge in [0, 0.05) is 11.1 Å². The second kappa shape index (κ2) is 8.90. The van der Waals surface area contributed by atoms with Gasteiger partial charge in [0.05, 0.1) is 18.6 Å². The summed E-state index contributed by atoms with van der Waals surface area (Å²) in [6.07, 6.45) is 1.68. The summed E-state index contributed by atoms with van der Waals surface area (Å²) in [4.78, 5) is 25.5. The number of carbonyl (C=O) groups excluding carboxylic acids is 2. The molecule has 3 rings (SSSR count). The fraction of sp³-hybridized carbons (Fsp3) is 0.150. The molecule has 2 amide bonds. The Morgan fingerprint density at radius 3 is 2.64 bits per heavy atom. The molecule has 0 atom stereocenters. The molecule has 1 heterocycles. The maximum absolute atomic E-state index is 12.8. The molecule has 0 bridgehead atoms. The zero-order valence-electron chi connectivity index (χ0n) is 15.3. The van der Waals surface area contributed by atoms with E-state index < -0.39 is 11.8 Å². The van der Waals surface area contributed by atoms with Crippen molar-refractivity contribution in [1.29, 1.82) is 0 Å². The lowest BCUT2D eigenvalue weighted by atomic mass is 10.1. The number of hydrazine groups is 1. The third-order valence-electron chi connectivity index (χ3n) is 3.85. The molecule has 2 aromatic rings. The lowest BCUT2D eigenvalue weighted by molar-refractivity contribution is -0.123. The molecule has 8 heteroatoms. The van der Waals surface area contributed by atoms with Crippen LogP contribution < -0.4 is 14.9 Å². The lowest BCUT2D eigenvalue weighted by Crippen LogP contribution is -2.44. The molecule has 0 saturated carbocycles. The van der Waals surface area contributed by atoms with Crippen molar-refractivity contribution in [1.82, 2.24) is 10.4 Å². The highest BCUT2D eigenvalue weighted by atomic mass is 32.2. The molecule has 2 aromatic carbocycles. The number of hydrogen-bond acceptors (Lipinski definition) is 6. The lowest BCUT2D eigenvalue weighted by Gasteiger charge is -2.15. The van der Waals surface area contributed by atoms with Gasteiger partial charge in [-0.3, -0.25) is 15.0 Å². The maximum atomic E-state index is 12.8. The fourth-order valence-electron chi connectivity index (χ4n) is 2.57. The summed E-state index contributed by atoms with van der Waals surface area (Å²) in [6, 6.07) is 14.0. The van der Waals surface area contributed by atoms with Crippen LogP contribution in [0.5, 0.6) is 11.5 Å². The van der Waals surface area contributed by atoms with E-state index in [-0.39, 0.29) is 4.32 Å². The molecule has 1 saturated heterocycles. The Morgan fingerprint density at radius 1 is 1.21 bits per heavy atom. The second-order valence-corrected chi connectivity index (χ2v) is 7.31. The van der Waals surface area contributed by atoms with Gasteiger partial charge < -0.3 is 9.47 Å². The predicted molar refractivity (Wildman–Crippen MR) is 113 cm³/mol. The van der Waals surface area contributed by atoms with E-state index in [0.29, 0.717) is 34.1 Å². The first kappa shape index (κ1) is 19.9. The number of para-hydroxylation sites is 1. The zero-order valence-corrected chi connectivity index (χ0v) is 16.9. The van der Waals surface area contributed by atoms with E-state index >= 15 is 0 Å². The third kappa shape index (κ3) is 4.18. The topological polar surface area (TPSA) is 67.9 Å². The van der Waals surface area contributed by atoms with Gasteiger partial charge in [-0.1, -0.05) is 42.1 Å². The van der Waals surface area contributed by atoms with Crippen molar-refractivity contribution in [3.63, 3.8) is 0 Å². The minimum atomic E-state index is -0.408. The summed E-state index contributed by atoms with van der Waals surface area (Å²) in [5.74, 6) is 0.314. The van der Waals surface area contributed by atoms with Crippen molar-refractivity contribution in [3.8, 4) is 11.5 Å². The van der Waals surface area contributed by atoms with E-state index in [4.69, 9.17) is 21.7 Å². The Hall–Kier alpha value is -2.84. The first-order chi connectivity index (χ1) is 13.5. The van der Waals surface area contributed by atoms with Crippen molar-refractivity contribution in [2.75, 3.05) is 13.7 Å². The number of thiocarbonyl (C=S) groups is 1. The number of rotatable bonds is 6. The van der Waals surface area contributed by atoms with Crippen molar-refractivity contribution in [3.05, 3.63) is 64.6 Å². The van der Waals surface area contributed by atoms with Crippen LogP contribution in [0.25, 0.3) is 6.08 Å². The summed E-state index contributed by atoms with van der Waals surface area (Å²) in [6.45, 7) is 2.32. The van der Waals surface area contributed by atoms with Crippen LogP contribution in [-0.2, 0) is 4.79 Å². The molecule has 0 aromatic heterocycles. The number of ether oxygens (including phenoxy) is 2. The molecule has 0 aliphatic carbocycles. The average molecular weight is 415 g/mol. The molecule has 0 radical (unpaired) electrons. The van der Waals surface area contributed by atoms with E-state index in [1.54, 1.807) is 43.5 Å². The number of nitrogens with one attached hydrogen (secondary N) is 1. The van der Waals surface area contributed by atoms with E-state index in [2.05, 4.69) is 5.43 Å². The van der Waals surface area contributed by atoms with Gasteiger partial charge in [-0.05, 0) is 43.4 Å². The Bertz CT molecular complexity index is 944. The van der Waals surface area contributed by atoms with Gasteiger partial charge in [0.1, 0.15) is 0 Å². The van der Waals surface area contributed by atoms with Gasteiger partial charge in [-0.25, -0.2) is 0 Å². The summed E-state index contributed by atoms with van der Waals surface area (Å²) < 4.78 is 11.3. The number of thioether (sulfide) groups is 1. The second-order valence-electron chi connectivity index (χ2n) is 5.64. The van der Waals surface area contributed by atoms with E-state index in [9.17, 15) is 9.59 Å². The number of benzene rings is 2. The van der Waals surface area contributed by atoms with Crippen molar-refractivity contribution < 1.29 is 19.1 Å². The van der Waals surface area contributed by atoms with Gasteiger partial charge in [-0.15, -0.1) is 0 Å². The Morgan fingerprint density at radius 2 is 1.96 bits per heavy atom. The molecular formula is C20H18N2O4S2. The van der Waals surface area contributed by atoms with Crippen molar-refractivity contribution in [2.45, 2.75) is 6.92 Å². The van der Waals surface area contributed by atoms with Gasteiger partial charge >= 0.3 is 0 Å². The molecule has 1 aliphatic heterocycles. The van der Waals surface area contributed by atoms with Crippen molar-refractivity contribution >= 4 is 46.2 Å². The predicted octanol–water partition coefficient (Wildman–Crippen LogP) is 3.64. The first-order valence-corrected chi connectivity index (χ1v) is 9.71. The van der Waals surface area contributed by atoms with E-state index in [0.717, 1.165) is 16.8 Å². The van der Waals surface area contributed by atoms with Crippen LogP contribution in [0.2, 0.25) is 0 Å². The van der Waals surface area contributed by atoms with Crippen LogP contribution in [0.15, 0.2) is 53.4 Å².